The van der Waals surface area contributed by atoms with Crippen molar-refractivity contribution in [2.75, 3.05) is 19.7 Å². The van der Waals surface area contributed by atoms with Crippen LogP contribution in [0, 0.1) is 0 Å². The van der Waals surface area contributed by atoms with Crippen LogP contribution in [0.1, 0.15) is 11.1 Å². The normalized spacial score (nSPS) is 10.7. The fourth-order valence-electron chi connectivity index (χ4n) is 1.71. The summed E-state index contributed by atoms with van der Waals surface area (Å²) in [4.78, 5) is 2.14. The van der Waals surface area contributed by atoms with Gasteiger partial charge in [0.05, 0.1) is 6.61 Å². The Labute approximate surface area is 97.2 Å². The van der Waals surface area contributed by atoms with Crippen LogP contribution < -0.4 is 5.73 Å². The molecule has 0 bridgehead atoms. The van der Waals surface area contributed by atoms with E-state index >= 15 is 0 Å². The molecule has 16 heavy (non-hydrogen) atoms. The zero-order chi connectivity index (χ0) is 11.8. The van der Waals surface area contributed by atoms with E-state index in [1.807, 2.05) is 24.3 Å². The number of nitrogens with zero attached hydrogens (tertiary/aromatic N) is 1. The second-order valence-electron chi connectivity index (χ2n) is 3.72. The van der Waals surface area contributed by atoms with Crippen molar-refractivity contribution in [3.63, 3.8) is 0 Å². The van der Waals surface area contributed by atoms with Crippen molar-refractivity contribution >= 4 is 0 Å². The van der Waals surface area contributed by atoms with Gasteiger partial charge in [0, 0.05) is 26.2 Å². The lowest BCUT2D eigenvalue weighted by molar-refractivity contribution is 0.203. The molecular weight excluding hydrogens is 200 g/mol. The fourth-order valence-corrected chi connectivity index (χ4v) is 1.71. The van der Waals surface area contributed by atoms with Crippen LogP contribution in [0.15, 0.2) is 36.9 Å². The summed E-state index contributed by atoms with van der Waals surface area (Å²) in [6.07, 6.45) is 1.85. The highest BCUT2D eigenvalue weighted by molar-refractivity contribution is 5.26. The Morgan fingerprint density at radius 2 is 2.00 bits per heavy atom. The highest BCUT2D eigenvalue weighted by atomic mass is 16.3. The Hall–Kier alpha value is -1.16. The van der Waals surface area contributed by atoms with Crippen molar-refractivity contribution in [3.8, 4) is 0 Å². The minimum absolute atomic E-state index is 0.165. The second-order valence-corrected chi connectivity index (χ2v) is 3.72. The first-order chi connectivity index (χ1) is 7.81. The van der Waals surface area contributed by atoms with Gasteiger partial charge in [0.25, 0.3) is 0 Å². The van der Waals surface area contributed by atoms with Crippen LogP contribution in [0.25, 0.3) is 0 Å². The molecule has 0 heterocycles. The van der Waals surface area contributed by atoms with E-state index in [0.717, 1.165) is 18.7 Å². The van der Waals surface area contributed by atoms with Crippen molar-refractivity contribution in [1.82, 2.24) is 4.90 Å². The molecule has 3 nitrogen and oxygen atoms in total. The first-order valence-electron chi connectivity index (χ1n) is 5.52. The number of benzene rings is 1. The lowest BCUT2D eigenvalue weighted by Crippen LogP contribution is -2.27. The first kappa shape index (κ1) is 12.9. The number of aliphatic hydroxyl groups excluding tert-OH is 1. The summed E-state index contributed by atoms with van der Waals surface area (Å²) in [5.74, 6) is 0. The molecular formula is C13H20N2O. The van der Waals surface area contributed by atoms with Gasteiger partial charge >= 0.3 is 0 Å². The molecule has 0 aromatic heterocycles. The third kappa shape index (κ3) is 3.77. The van der Waals surface area contributed by atoms with Gasteiger partial charge in [-0.15, -0.1) is 6.58 Å². The van der Waals surface area contributed by atoms with Gasteiger partial charge in [0.2, 0.25) is 0 Å². The van der Waals surface area contributed by atoms with Gasteiger partial charge in [-0.3, -0.25) is 4.90 Å². The van der Waals surface area contributed by atoms with E-state index in [1.54, 1.807) is 0 Å². The van der Waals surface area contributed by atoms with Crippen LogP contribution in [0.4, 0.5) is 0 Å². The molecule has 0 amide bonds. The Morgan fingerprint density at radius 3 is 2.56 bits per heavy atom. The number of aliphatic hydroxyl groups is 1. The summed E-state index contributed by atoms with van der Waals surface area (Å²) in [7, 11) is 0. The number of hydrogen-bond acceptors (Lipinski definition) is 3. The number of nitrogens with two attached hydrogens (primary N) is 1. The van der Waals surface area contributed by atoms with Crippen molar-refractivity contribution in [3.05, 3.63) is 48.0 Å². The van der Waals surface area contributed by atoms with Crippen molar-refractivity contribution in [1.29, 1.82) is 0 Å². The van der Waals surface area contributed by atoms with Crippen LogP contribution in [0.5, 0.6) is 0 Å². The summed E-state index contributed by atoms with van der Waals surface area (Å²) >= 11 is 0. The SMILES string of the molecule is C=CCN(CCO)Cc1ccccc1CN. The quantitative estimate of drug-likeness (QED) is 0.677. The van der Waals surface area contributed by atoms with Crippen molar-refractivity contribution < 1.29 is 5.11 Å². The number of hydrogen-bond donors (Lipinski definition) is 2. The molecule has 0 aliphatic heterocycles. The van der Waals surface area contributed by atoms with Gasteiger partial charge in [-0.25, -0.2) is 0 Å². The molecule has 0 aliphatic rings. The maximum Gasteiger partial charge on any atom is 0.0558 e. The summed E-state index contributed by atoms with van der Waals surface area (Å²) in [6, 6.07) is 8.13. The van der Waals surface area contributed by atoms with E-state index in [2.05, 4.69) is 17.5 Å². The standard InChI is InChI=1S/C13H20N2O/c1-2-7-15(8-9-16)11-13-6-4-3-5-12(13)10-14/h2-6,16H,1,7-11,14H2. The van der Waals surface area contributed by atoms with Crippen LogP contribution in [0.2, 0.25) is 0 Å². The largest absolute Gasteiger partial charge is 0.395 e. The Balaban J connectivity index is 2.71. The minimum Gasteiger partial charge on any atom is -0.395 e. The van der Waals surface area contributed by atoms with E-state index in [4.69, 9.17) is 10.8 Å². The lowest BCUT2D eigenvalue weighted by atomic mass is 10.1. The lowest BCUT2D eigenvalue weighted by Gasteiger charge is -2.20. The van der Waals surface area contributed by atoms with Gasteiger partial charge in [-0.2, -0.15) is 0 Å². The minimum atomic E-state index is 0.165. The average Bonchev–Trinajstić information content (AvgIpc) is 2.30. The predicted molar refractivity (Wildman–Crippen MR) is 66.9 cm³/mol. The molecule has 0 unspecified atom stereocenters. The molecule has 3 N–H and O–H groups in total. The van der Waals surface area contributed by atoms with E-state index < -0.39 is 0 Å². The summed E-state index contributed by atoms with van der Waals surface area (Å²) < 4.78 is 0. The van der Waals surface area contributed by atoms with Crippen molar-refractivity contribution in [2.24, 2.45) is 5.73 Å². The molecule has 1 rings (SSSR count). The molecule has 0 atom stereocenters. The Morgan fingerprint density at radius 1 is 1.31 bits per heavy atom. The van der Waals surface area contributed by atoms with E-state index in [1.165, 1.54) is 5.56 Å². The van der Waals surface area contributed by atoms with Gasteiger partial charge in [0.1, 0.15) is 0 Å². The van der Waals surface area contributed by atoms with Crippen molar-refractivity contribution in [2.45, 2.75) is 13.1 Å². The fraction of sp³-hybridized carbons (Fsp3) is 0.385. The highest BCUT2D eigenvalue weighted by Gasteiger charge is 2.06. The van der Waals surface area contributed by atoms with Gasteiger partial charge in [0.15, 0.2) is 0 Å². The highest BCUT2D eigenvalue weighted by Crippen LogP contribution is 2.10. The van der Waals surface area contributed by atoms with Crippen LogP contribution >= 0.6 is 0 Å². The Bertz CT molecular complexity index is 325. The number of rotatable bonds is 7. The molecule has 0 aliphatic carbocycles. The molecule has 0 fully saturated rings. The molecule has 0 radical (unpaired) electrons. The Kier molecular flexibility index (Phi) is 5.78. The molecule has 1 aromatic carbocycles. The zero-order valence-corrected chi connectivity index (χ0v) is 9.60. The first-order valence-corrected chi connectivity index (χ1v) is 5.52. The van der Waals surface area contributed by atoms with Crippen LogP contribution in [-0.2, 0) is 13.1 Å². The van der Waals surface area contributed by atoms with Gasteiger partial charge in [-0.05, 0) is 11.1 Å². The third-order valence-corrected chi connectivity index (χ3v) is 2.54. The average molecular weight is 220 g/mol. The van der Waals surface area contributed by atoms with Gasteiger partial charge in [-0.1, -0.05) is 30.3 Å². The maximum atomic E-state index is 8.97. The topological polar surface area (TPSA) is 49.5 Å². The van der Waals surface area contributed by atoms with E-state index in [-0.39, 0.29) is 6.61 Å². The summed E-state index contributed by atoms with van der Waals surface area (Å²) in [5, 5.41) is 8.97. The van der Waals surface area contributed by atoms with E-state index in [0.29, 0.717) is 13.1 Å². The molecule has 88 valence electrons. The summed E-state index contributed by atoms with van der Waals surface area (Å²) in [5.41, 5.74) is 8.07. The molecule has 0 saturated carbocycles. The molecule has 1 aromatic rings. The molecule has 0 spiro atoms. The molecule has 0 saturated heterocycles. The van der Waals surface area contributed by atoms with E-state index in [9.17, 15) is 0 Å². The maximum absolute atomic E-state index is 8.97. The van der Waals surface area contributed by atoms with Crippen LogP contribution in [0.3, 0.4) is 0 Å². The van der Waals surface area contributed by atoms with Crippen LogP contribution in [-0.4, -0.2) is 29.7 Å². The smallest absolute Gasteiger partial charge is 0.0558 e. The van der Waals surface area contributed by atoms with Gasteiger partial charge < -0.3 is 10.8 Å². The zero-order valence-electron chi connectivity index (χ0n) is 9.60. The third-order valence-electron chi connectivity index (χ3n) is 2.54. The summed E-state index contributed by atoms with van der Waals surface area (Å²) in [6.45, 7) is 6.68. The monoisotopic (exact) mass is 220 g/mol. The second kappa shape index (κ2) is 7.17. The molecule has 3 heteroatoms. The predicted octanol–water partition coefficient (Wildman–Crippen LogP) is 1.13.